The molecule has 0 saturated carbocycles. The Bertz CT molecular complexity index is 574. The number of benzene rings is 1. The van der Waals surface area contributed by atoms with Crippen LogP contribution in [0.2, 0.25) is 0 Å². The molecule has 1 atom stereocenters. The molecule has 3 heteroatoms. The zero-order valence-electron chi connectivity index (χ0n) is 9.40. The Morgan fingerprint density at radius 1 is 1.31 bits per heavy atom. The third-order valence-corrected chi connectivity index (χ3v) is 3.93. The maximum absolute atomic E-state index is 12.2. The number of aromatic nitrogens is 1. The van der Waals surface area contributed by atoms with Crippen molar-refractivity contribution in [1.82, 2.24) is 4.57 Å². The topological polar surface area (TPSA) is 22.0 Å². The smallest absolute Gasteiger partial charge is 0.258 e. The van der Waals surface area contributed by atoms with Gasteiger partial charge in [0.25, 0.3) is 5.56 Å². The lowest BCUT2D eigenvalue weighted by Crippen LogP contribution is -2.22. The second-order valence-corrected chi connectivity index (χ2v) is 5.15. The zero-order valence-corrected chi connectivity index (χ0v) is 11.6. The molecule has 0 saturated heterocycles. The Hall–Kier alpha value is -0.840. The van der Waals surface area contributed by atoms with E-state index in [1.807, 2.05) is 35.0 Å². The molecular weight excluding hydrogens is 313 g/mol. The van der Waals surface area contributed by atoms with E-state index in [0.29, 0.717) is 0 Å². The number of fused-ring (bicyclic) bond motifs is 1. The molecule has 1 heterocycles. The maximum atomic E-state index is 12.2. The molecule has 1 aromatic heterocycles. The lowest BCUT2D eigenvalue weighted by Gasteiger charge is -2.13. The van der Waals surface area contributed by atoms with Crippen LogP contribution in [0.3, 0.4) is 0 Å². The van der Waals surface area contributed by atoms with Gasteiger partial charge in [-0.1, -0.05) is 13.0 Å². The van der Waals surface area contributed by atoms with E-state index in [1.165, 1.54) is 0 Å². The minimum absolute atomic E-state index is 0.116. The first-order valence-corrected chi connectivity index (χ1v) is 6.52. The molecule has 0 unspecified atom stereocenters. The molecule has 0 aliphatic rings. The summed E-state index contributed by atoms with van der Waals surface area (Å²) in [7, 11) is 0. The van der Waals surface area contributed by atoms with Crippen LogP contribution in [-0.2, 0) is 0 Å². The van der Waals surface area contributed by atoms with Crippen LogP contribution in [0.5, 0.6) is 0 Å². The van der Waals surface area contributed by atoms with Gasteiger partial charge in [-0.3, -0.25) is 4.79 Å². The van der Waals surface area contributed by atoms with Crippen LogP contribution in [0.15, 0.2) is 35.3 Å². The minimum Gasteiger partial charge on any atom is -0.312 e. The maximum Gasteiger partial charge on any atom is 0.258 e. The second-order valence-electron chi connectivity index (χ2n) is 3.99. The Morgan fingerprint density at radius 3 is 2.75 bits per heavy atom. The van der Waals surface area contributed by atoms with Gasteiger partial charge in [0.15, 0.2) is 0 Å². The van der Waals surface area contributed by atoms with Crippen molar-refractivity contribution in [3.63, 3.8) is 0 Å². The Labute approximate surface area is 108 Å². The minimum atomic E-state index is 0.116. The highest BCUT2D eigenvalue weighted by atomic mass is 127. The summed E-state index contributed by atoms with van der Waals surface area (Å²) in [5.74, 6) is 0. The molecule has 0 bridgehead atoms. The fourth-order valence-corrected chi connectivity index (χ4v) is 2.48. The van der Waals surface area contributed by atoms with Crippen LogP contribution in [0.1, 0.15) is 26.3 Å². The Morgan fingerprint density at radius 2 is 2.06 bits per heavy atom. The van der Waals surface area contributed by atoms with Gasteiger partial charge >= 0.3 is 0 Å². The molecule has 0 amide bonds. The van der Waals surface area contributed by atoms with Crippen molar-refractivity contribution in [2.24, 2.45) is 0 Å². The lowest BCUT2D eigenvalue weighted by atomic mass is 10.1. The molecule has 0 aliphatic heterocycles. The molecule has 0 radical (unpaired) electrons. The highest BCUT2D eigenvalue weighted by Crippen LogP contribution is 2.18. The average molecular weight is 327 g/mol. The molecule has 0 N–H and O–H groups in total. The van der Waals surface area contributed by atoms with Crippen LogP contribution in [0.4, 0.5) is 0 Å². The molecule has 1 aromatic carbocycles. The van der Waals surface area contributed by atoms with Gasteiger partial charge in [-0.2, -0.15) is 0 Å². The fourth-order valence-electron chi connectivity index (χ4n) is 1.80. The first-order valence-electron chi connectivity index (χ1n) is 5.44. The molecule has 0 fully saturated rings. The van der Waals surface area contributed by atoms with Crippen LogP contribution >= 0.6 is 22.6 Å². The van der Waals surface area contributed by atoms with Crippen molar-refractivity contribution in [3.05, 3.63) is 44.4 Å². The van der Waals surface area contributed by atoms with Gasteiger partial charge in [0, 0.05) is 26.6 Å². The summed E-state index contributed by atoms with van der Waals surface area (Å²) in [5, 5.41) is 1.86. The molecule has 2 rings (SSSR count). The SMILES string of the molecule is CC[C@@H](C)n1ccc2c(I)cccc2c1=O. The van der Waals surface area contributed by atoms with Crippen molar-refractivity contribution in [2.45, 2.75) is 26.3 Å². The van der Waals surface area contributed by atoms with Gasteiger partial charge < -0.3 is 4.57 Å². The third-order valence-electron chi connectivity index (χ3n) is 2.99. The standard InChI is InChI=1S/C13H14INO/c1-3-9(2)15-8-7-10-11(13(15)16)5-4-6-12(10)14/h4-9H,3H2,1-2H3/t9-/m1/s1. The van der Waals surface area contributed by atoms with Crippen LogP contribution < -0.4 is 5.56 Å². The summed E-state index contributed by atoms with van der Waals surface area (Å²) in [6, 6.07) is 8.15. The number of hydrogen-bond acceptors (Lipinski definition) is 1. The molecule has 2 aromatic rings. The van der Waals surface area contributed by atoms with E-state index in [4.69, 9.17) is 0 Å². The van der Waals surface area contributed by atoms with Gasteiger partial charge in [0.05, 0.1) is 0 Å². The van der Waals surface area contributed by atoms with E-state index in [9.17, 15) is 4.79 Å². The normalized spacial score (nSPS) is 12.9. The number of rotatable bonds is 2. The van der Waals surface area contributed by atoms with Crippen molar-refractivity contribution < 1.29 is 0 Å². The van der Waals surface area contributed by atoms with E-state index in [0.717, 1.165) is 20.8 Å². The molecule has 0 aliphatic carbocycles. The highest BCUT2D eigenvalue weighted by Gasteiger charge is 2.08. The van der Waals surface area contributed by atoms with Gasteiger partial charge in [-0.25, -0.2) is 0 Å². The summed E-state index contributed by atoms with van der Waals surface area (Å²) in [4.78, 5) is 12.2. The van der Waals surface area contributed by atoms with E-state index in [-0.39, 0.29) is 11.6 Å². The summed E-state index contributed by atoms with van der Waals surface area (Å²) >= 11 is 2.26. The van der Waals surface area contributed by atoms with E-state index in [2.05, 4.69) is 36.4 Å². The van der Waals surface area contributed by atoms with Crippen LogP contribution in [0.25, 0.3) is 10.8 Å². The van der Waals surface area contributed by atoms with E-state index >= 15 is 0 Å². The molecular formula is C13H14INO. The predicted octanol–water partition coefficient (Wildman–Crippen LogP) is 3.58. The number of hydrogen-bond donors (Lipinski definition) is 0. The second kappa shape index (κ2) is 4.57. The molecule has 84 valence electrons. The highest BCUT2D eigenvalue weighted by molar-refractivity contribution is 14.1. The van der Waals surface area contributed by atoms with Crippen molar-refractivity contribution in [2.75, 3.05) is 0 Å². The number of nitrogens with zero attached hydrogens (tertiary/aromatic N) is 1. The molecule has 16 heavy (non-hydrogen) atoms. The van der Waals surface area contributed by atoms with Crippen LogP contribution in [-0.4, -0.2) is 4.57 Å². The summed E-state index contributed by atoms with van der Waals surface area (Å²) in [5.41, 5.74) is 0.116. The first kappa shape index (κ1) is 11.6. The summed E-state index contributed by atoms with van der Waals surface area (Å²) in [6.45, 7) is 4.16. The number of halogens is 1. The van der Waals surface area contributed by atoms with Crippen molar-refractivity contribution in [1.29, 1.82) is 0 Å². The first-order chi connectivity index (χ1) is 7.65. The quantitative estimate of drug-likeness (QED) is 0.773. The van der Waals surface area contributed by atoms with Gasteiger partial charge in [0.1, 0.15) is 0 Å². The summed E-state index contributed by atoms with van der Waals surface area (Å²) in [6.07, 6.45) is 2.87. The predicted molar refractivity (Wildman–Crippen MR) is 75.9 cm³/mol. The third kappa shape index (κ3) is 1.88. The van der Waals surface area contributed by atoms with Gasteiger partial charge in [-0.05, 0) is 54.1 Å². The number of pyridine rings is 1. The van der Waals surface area contributed by atoms with Gasteiger partial charge in [0.2, 0.25) is 0 Å². The molecule has 0 spiro atoms. The van der Waals surface area contributed by atoms with Crippen molar-refractivity contribution >= 4 is 33.4 Å². The van der Waals surface area contributed by atoms with Crippen LogP contribution in [0, 0.1) is 3.57 Å². The molecule has 2 nitrogen and oxygen atoms in total. The van der Waals surface area contributed by atoms with E-state index < -0.39 is 0 Å². The lowest BCUT2D eigenvalue weighted by molar-refractivity contribution is 0.517. The Kier molecular flexibility index (Phi) is 3.33. The van der Waals surface area contributed by atoms with E-state index in [1.54, 1.807) is 0 Å². The van der Waals surface area contributed by atoms with Gasteiger partial charge in [-0.15, -0.1) is 0 Å². The monoisotopic (exact) mass is 327 g/mol. The fraction of sp³-hybridized carbons (Fsp3) is 0.308. The van der Waals surface area contributed by atoms with Crippen molar-refractivity contribution in [3.8, 4) is 0 Å². The zero-order chi connectivity index (χ0) is 11.7. The largest absolute Gasteiger partial charge is 0.312 e. The summed E-state index contributed by atoms with van der Waals surface area (Å²) < 4.78 is 2.95. The Balaban J connectivity index is 2.76. The average Bonchev–Trinajstić information content (AvgIpc) is 2.30.